The molecule has 7 nitrogen and oxygen atoms in total. The Balaban J connectivity index is 2.64. The molecule has 0 aliphatic carbocycles. The maximum Gasteiger partial charge on any atom is 0.328 e. The van der Waals surface area contributed by atoms with Gasteiger partial charge in [-0.1, -0.05) is 0 Å². The van der Waals surface area contributed by atoms with Gasteiger partial charge in [0.05, 0.1) is 17.7 Å². The molecule has 0 radical (unpaired) electrons. The van der Waals surface area contributed by atoms with Crippen molar-refractivity contribution in [2.24, 2.45) is 0 Å². The van der Waals surface area contributed by atoms with Gasteiger partial charge in [-0.05, 0) is 31.2 Å². The van der Waals surface area contributed by atoms with Crippen molar-refractivity contribution in [2.75, 3.05) is 5.32 Å². The number of nitrogens with one attached hydrogen (secondary N) is 2. The predicted octanol–water partition coefficient (Wildman–Crippen LogP) is 0.514. The van der Waals surface area contributed by atoms with E-state index in [9.17, 15) is 14.7 Å². The molecule has 0 bridgehead atoms. The van der Waals surface area contributed by atoms with Gasteiger partial charge in [0.15, 0.2) is 6.04 Å². The van der Waals surface area contributed by atoms with Crippen molar-refractivity contribution >= 4 is 17.7 Å². The Morgan fingerprint density at radius 3 is 2.32 bits per heavy atom. The average Bonchev–Trinajstić information content (AvgIpc) is 2.36. The maximum atomic E-state index is 11.5. The minimum Gasteiger partial charge on any atom is -0.480 e. The molecule has 7 heteroatoms. The largest absolute Gasteiger partial charge is 0.480 e. The van der Waals surface area contributed by atoms with Crippen LogP contribution in [-0.2, 0) is 4.79 Å². The number of aliphatic hydroxyl groups excluding tert-OH is 1. The normalized spacial score (nSPS) is 12.9. The lowest BCUT2D eigenvalue weighted by Crippen LogP contribution is -2.49. The van der Waals surface area contributed by atoms with Gasteiger partial charge in [0.2, 0.25) is 0 Å². The van der Waals surface area contributed by atoms with Gasteiger partial charge in [0.25, 0.3) is 0 Å². The van der Waals surface area contributed by atoms with Crippen molar-refractivity contribution in [1.82, 2.24) is 5.32 Å². The van der Waals surface area contributed by atoms with Crippen LogP contribution in [0.4, 0.5) is 10.5 Å². The summed E-state index contributed by atoms with van der Waals surface area (Å²) in [5.41, 5.74) is 0.851. The molecular weight excluding hydrogens is 250 g/mol. The van der Waals surface area contributed by atoms with E-state index in [0.717, 1.165) is 0 Å². The van der Waals surface area contributed by atoms with Gasteiger partial charge < -0.3 is 20.8 Å². The predicted molar refractivity (Wildman–Crippen MR) is 66.4 cm³/mol. The summed E-state index contributed by atoms with van der Waals surface area (Å²) in [6.45, 7) is 1.26. The molecule has 2 unspecified atom stereocenters. The molecular formula is C12H13N3O4. The summed E-state index contributed by atoms with van der Waals surface area (Å²) in [7, 11) is 0. The van der Waals surface area contributed by atoms with Crippen molar-refractivity contribution in [2.45, 2.75) is 19.1 Å². The lowest BCUT2D eigenvalue weighted by molar-refractivity contribution is -0.141. The highest BCUT2D eigenvalue weighted by atomic mass is 16.4. The van der Waals surface area contributed by atoms with Crippen LogP contribution in [0.3, 0.4) is 0 Å². The Labute approximate surface area is 109 Å². The molecule has 0 aromatic heterocycles. The molecule has 4 N–H and O–H groups in total. The molecule has 2 amide bonds. The van der Waals surface area contributed by atoms with Crippen molar-refractivity contribution in [3.05, 3.63) is 29.8 Å². The number of hydrogen-bond donors (Lipinski definition) is 4. The monoisotopic (exact) mass is 263 g/mol. The zero-order valence-corrected chi connectivity index (χ0v) is 10.1. The minimum absolute atomic E-state index is 0.409. The first kappa shape index (κ1) is 14.5. The second kappa shape index (κ2) is 6.37. The van der Waals surface area contributed by atoms with Gasteiger partial charge in [0, 0.05) is 5.69 Å². The highest BCUT2D eigenvalue weighted by Crippen LogP contribution is 2.08. The molecule has 0 saturated heterocycles. The number of hydrogen-bond acceptors (Lipinski definition) is 4. The zero-order chi connectivity index (χ0) is 14.4. The summed E-state index contributed by atoms with van der Waals surface area (Å²) in [6.07, 6.45) is -1.22. The van der Waals surface area contributed by atoms with Gasteiger partial charge in [-0.25, -0.2) is 9.59 Å². The molecule has 0 fully saturated rings. The first-order valence-electron chi connectivity index (χ1n) is 5.42. The number of aliphatic carboxylic acids is 1. The molecule has 0 saturated carbocycles. The van der Waals surface area contributed by atoms with E-state index in [1.165, 1.54) is 31.2 Å². The summed E-state index contributed by atoms with van der Waals surface area (Å²) in [5, 5.41) is 31.1. The molecule has 1 aromatic rings. The number of aliphatic hydroxyl groups is 1. The fourth-order valence-corrected chi connectivity index (χ4v) is 1.33. The van der Waals surface area contributed by atoms with Gasteiger partial charge >= 0.3 is 12.0 Å². The molecule has 0 heterocycles. The summed E-state index contributed by atoms with van der Waals surface area (Å²) in [5.74, 6) is -1.33. The zero-order valence-electron chi connectivity index (χ0n) is 10.1. The molecule has 1 rings (SSSR count). The summed E-state index contributed by atoms with van der Waals surface area (Å²) in [4.78, 5) is 22.3. The third-order valence-electron chi connectivity index (χ3n) is 2.31. The number of rotatable bonds is 4. The smallest absolute Gasteiger partial charge is 0.328 e. The Bertz CT molecular complexity index is 505. The van der Waals surface area contributed by atoms with Crippen LogP contribution in [0, 0.1) is 11.3 Å². The number of anilines is 1. The van der Waals surface area contributed by atoms with E-state index in [1.54, 1.807) is 0 Å². The van der Waals surface area contributed by atoms with Crippen molar-refractivity contribution in [3.8, 4) is 6.07 Å². The van der Waals surface area contributed by atoms with Crippen LogP contribution < -0.4 is 10.6 Å². The SMILES string of the molecule is CC(O)C(NC(=O)Nc1ccc(C#N)cc1)C(=O)O. The van der Waals surface area contributed by atoms with Crippen molar-refractivity contribution < 1.29 is 19.8 Å². The number of urea groups is 1. The van der Waals surface area contributed by atoms with Gasteiger partial charge in [0.1, 0.15) is 0 Å². The molecule has 19 heavy (non-hydrogen) atoms. The van der Waals surface area contributed by atoms with Crippen LogP contribution in [0.25, 0.3) is 0 Å². The van der Waals surface area contributed by atoms with Crippen LogP contribution in [0.15, 0.2) is 24.3 Å². The van der Waals surface area contributed by atoms with E-state index >= 15 is 0 Å². The van der Waals surface area contributed by atoms with Gasteiger partial charge in [-0.3, -0.25) is 0 Å². The van der Waals surface area contributed by atoms with E-state index in [-0.39, 0.29) is 0 Å². The van der Waals surface area contributed by atoms with Gasteiger partial charge in [-0.15, -0.1) is 0 Å². The Hall–Kier alpha value is -2.59. The standard InChI is InChI=1S/C12H13N3O4/c1-7(16)10(11(17)18)15-12(19)14-9-4-2-8(6-13)3-5-9/h2-5,7,10,16H,1H3,(H,17,18)(H2,14,15,19). The van der Waals surface area contributed by atoms with E-state index in [4.69, 9.17) is 10.4 Å². The highest BCUT2D eigenvalue weighted by Gasteiger charge is 2.24. The lowest BCUT2D eigenvalue weighted by Gasteiger charge is -2.17. The number of amides is 2. The first-order chi connectivity index (χ1) is 8.93. The maximum absolute atomic E-state index is 11.5. The summed E-state index contributed by atoms with van der Waals surface area (Å²) >= 11 is 0. The molecule has 0 aliphatic rings. The minimum atomic E-state index is -1.39. The highest BCUT2D eigenvalue weighted by molar-refractivity contribution is 5.92. The van der Waals surface area contributed by atoms with Crippen LogP contribution in [-0.4, -0.2) is 34.4 Å². The molecule has 100 valence electrons. The number of carboxylic acids is 1. The number of carboxylic acid groups (broad SMARTS) is 1. The summed E-state index contributed by atoms with van der Waals surface area (Å²) < 4.78 is 0. The van der Waals surface area contributed by atoms with E-state index < -0.39 is 24.1 Å². The Morgan fingerprint density at radius 2 is 1.89 bits per heavy atom. The van der Waals surface area contributed by atoms with Crippen LogP contribution in [0.1, 0.15) is 12.5 Å². The van der Waals surface area contributed by atoms with Crippen LogP contribution in [0.5, 0.6) is 0 Å². The average molecular weight is 263 g/mol. The molecule has 1 aromatic carbocycles. The number of carbonyl (C=O) groups is 2. The first-order valence-corrected chi connectivity index (χ1v) is 5.42. The Kier molecular flexibility index (Phi) is 4.85. The fraction of sp³-hybridized carbons (Fsp3) is 0.250. The van der Waals surface area contributed by atoms with Crippen LogP contribution in [0.2, 0.25) is 0 Å². The number of nitrogens with zero attached hydrogens (tertiary/aromatic N) is 1. The number of benzene rings is 1. The molecule has 0 spiro atoms. The third kappa shape index (κ3) is 4.29. The second-order valence-corrected chi connectivity index (χ2v) is 3.84. The van der Waals surface area contributed by atoms with Crippen molar-refractivity contribution in [3.63, 3.8) is 0 Å². The van der Waals surface area contributed by atoms with Crippen LogP contribution >= 0.6 is 0 Å². The molecule has 2 atom stereocenters. The molecule has 0 aliphatic heterocycles. The summed E-state index contributed by atoms with van der Waals surface area (Å²) in [6, 6.07) is 5.83. The van der Waals surface area contributed by atoms with Crippen molar-refractivity contribution in [1.29, 1.82) is 5.26 Å². The number of nitriles is 1. The topological polar surface area (TPSA) is 122 Å². The van der Waals surface area contributed by atoms with E-state index in [1.807, 2.05) is 6.07 Å². The lowest BCUT2D eigenvalue weighted by atomic mass is 10.2. The Morgan fingerprint density at radius 1 is 1.32 bits per heavy atom. The van der Waals surface area contributed by atoms with Gasteiger partial charge in [-0.2, -0.15) is 5.26 Å². The quantitative estimate of drug-likeness (QED) is 0.630. The fourth-order valence-electron chi connectivity index (χ4n) is 1.33. The third-order valence-corrected chi connectivity index (χ3v) is 2.31. The second-order valence-electron chi connectivity index (χ2n) is 3.84. The van der Waals surface area contributed by atoms with E-state index in [2.05, 4.69) is 10.6 Å². The number of carbonyl (C=O) groups excluding carboxylic acids is 1. The van der Waals surface area contributed by atoms with E-state index in [0.29, 0.717) is 11.3 Å².